The number of piperidine rings is 1. The molecule has 1 aromatic rings. The molecule has 1 amide bonds. The van der Waals surface area contributed by atoms with E-state index in [1.807, 2.05) is 11.0 Å². The molecular weight excluding hydrogens is 316 g/mol. The molecule has 2 bridgehead atoms. The summed E-state index contributed by atoms with van der Waals surface area (Å²) in [6.07, 6.45) is 5.66. The van der Waals surface area contributed by atoms with E-state index >= 15 is 0 Å². The molecule has 3 nitrogen and oxygen atoms in total. The third-order valence-electron chi connectivity index (χ3n) is 3.86. The van der Waals surface area contributed by atoms with E-state index in [0.29, 0.717) is 17.8 Å². The number of amides is 1. The first-order chi connectivity index (χ1) is 8.65. The first-order valence-electron chi connectivity index (χ1n) is 6.23. The summed E-state index contributed by atoms with van der Waals surface area (Å²) >= 11 is 9.55. The Morgan fingerprint density at radius 1 is 1.33 bits per heavy atom. The maximum Gasteiger partial charge on any atom is 0.272 e. The number of hydrogen-bond donors (Lipinski definition) is 0. The monoisotopic (exact) mass is 328 g/mol. The highest BCUT2D eigenvalue weighted by Crippen LogP contribution is 2.38. The van der Waals surface area contributed by atoms with E-state index in [4.69, 9.17) is 11.6 Å². The molecule has 18 heavy (non-hydrogen) atoms. The molecule has 2 aliphatic rings. The van der Waals surface area contributed by atoms with Crippen molar-refractivity contribution in [1.82, 2.24) is 9.88 Å². The molecule has 0 aromatic carbocycles. The average molecular weight is 330 g/mol. The Balaban J connectivity index is 1.83. The van der Waals surface area contributed by atoms with Crippen LogP contribution in [0.1, 0.15) is 36.2 Å². The van der Waals surface area contributed by atoms with E-state index < -0.39 is 0 Å². The van der Waals surface area contributed by atoms with Gasteiger partial charge in [0, 0.05) is 28.1 Å². The van der Waals surface area contributed by atoms with Crippen molar-refractivity contribution in [1.29, 1.82) is 0 Å². The van der Waals surface area contributed by atoms with Gasteiger partial charge in [0.1, 0.15) is 5.69 Å². The number of carbonyl (C=O) groups is 1. The molecular formula is C13H14BrClN2O. The number of fused-ring (bicyclic) bond motifs is 2. The molecule has 3 heterocycles. The van der Waals surface area contributed by atoms with Gasteiger partial charge in [0.15, 0.2) is 0 Å². The number of nitrogens with zero attached hydrogens (tertiary/aromatic N) is 2. The van der Waals surface area contributed by atoms with E-state index in [1.165, 1.54) is 0 Å². The summed E-state index contributed by atoms with van der Waals surface area (Å²) < 4.78 is 0.890. The lowest BCUT2D eigenvalue weighted by Gasteiger charge is -2.36. The van der Waals surface area contributed by atoms with Crippen molar-refractivity contribution in [3.63, 3.8) is 0 Å². The van der Waals surface area contributed by atoms with Crippen LogP contribution in [-0.2, 0) is 0 Å². The van der Waals surface area contributed by atoms with Crippen LogP contribution in [0.3, 0.4) is 0 Å². The van der Waals surface area contributed by atoms with Crippen LogP contribution in [0, 0.1) is 0 Å². The SMILES string of the molecule is O=C(c1ccc(Br)cn1)N1C2CCC1CC(Cl)C2. The third-order valence-corrected chi connectivity index (χ3v) is 4.68. The highest BCUT2D eigenvalue weighted by molar-refractivity contribution is 9.10. The van der Waals surface area contributed by atoms with Gasteiger partial charge in [0.2, 0.25) is 0 Å². The summed E-state index contributed by atoms with van der Waals surface area (Å²) in [6.45, 7) is 0. The van der Waals surface area contributed by atoms with Gasteiger partial charge in [-0.05, 0) is 53.7 Å². The fraction of sp³-hybridized carbons (Fsp3) is 0.538. The predicted octanol–water partition coefficient (Wildman–Crippen LogP) is 3.22. The van der Waals surface area contributed by atoms with Gasteiger partial charge in [0.05, 0.1) is 0 Å². The predicted molar refractivity (Wildman–Crippen MR) is 73.8 cm³/mol. The normalized spacial score (nSPS) is 30.6. The number of halogens is 2. The molecule has 2 saturated heterocycles. The maximum atomic E-state index is 12.5. The second kappa shape index (κ2) is 4.82. The highest BCUT2D eigenvalue weighted by Gasteiger charge is 2.43. The number of rotatable bonds is 1. The van der Waals surface area contributed by atoms with Crippen LogP contribution in [0.25, 0.3) is 0 Å². The van der Waals surface area contributed by atoms with Gasteiger partial charge in [-0.2, -0.15) is 0 Å². The second-order valence-electron chi connectivity index (χ2n) is 5.03. The van der Waals surface area contributed by atoms with Gasteiger partial charge < -0.3 is 4.90 Å². The first-order valence-corrected chi connectivity index (χ1v) is 7.46. The van der Waals surface area contributed by atoms with Gasteiger partial charge in [0.25, 0.3) is 5.91 Å². The summed E-state index contributed by atoms with van der Waals surface area (Å²) in [7, 11) is 0. The molecule has 0 aliphatic carbocycles. The largest absolute Gasteiger partial charge is 0.331 e. The van der Waals surface area contributed by atoms with Crippen LogP contribution >= 0.6 is 27.5 Å². The number of hydrogen-bond acceptors (Lipinski definition) is 2. The lowest BCUT2D eigenvalue weighted by Crippen LogP contribution is -2.47. The zero-order chi connectivity index (χ0) is 12.7. The van der Waals surface area contributed by atoms with Crippen LogP contribution in [0.2, 0.25) is 0 Å². The molecule has 0 radical (unpaired) electrons. The van der Waals surface area contributed by atoms with E-state index in [0.717, 1.165) is 30.2 Å². The number of carbonyl (C=O) groups excluding carboxylic acids is 1. The van der Waals surface area contributed by atoms with Crippen molar-refractivity contribution >= 4 is 33.4 Å². The molecule has 0 spiro atoms. The number of aromatic nitrogens is 1. The van der Waals surface area contributed by atoms with E-state index in [-0.39, 0.29) is 11.3 Å². The van der Waals surface area contributed by atoms with Crippen LogP contribution in [0.5, 0.6) is 0 Å². The molecule has 2 aliphatic heterocycles. The second-order valence-corrected chi connectivity index (χ2v) is 6.56. The third kappa shape index (κ3) is 2.16. The first kappa shape index (κ1) is 12.4. The molecule has 2 atom stereocenters. The van der Waals surface area contributed by atoms with Crippen molar-refractivity contribution in [2.45, 2.75) is 43.1 Å². The van der Waals surface area contributed by atoms with Gasteiger partial charge in [-0.1, -0.05) is 0 Å². The minimum absolute atomic E-state index is 0.0542. The van der Waals surface area contributed by atoms with Gasteiger partial charge in [-0.15, -0.1) is 11.6 Å². The van der Waals surface area contributed by atoms with Crippen molar-refractivity contribution < 1.29 is 4.79 Å². The van der Waals surface area contributed by atoms with Crippen molar-refractivity contribution in [2.75, 3.05) is 0 Å². The van der Waals surface area contributed by atoms with E-state index in [2.05, 4.69) is 20.9 Å². The molecule has 2 unspecified atom stereocenters. The smallest absolute Gasteiger partial charge is 0.272 e. The lowest BCUT2D eigenvalue weighted by molar-refractivity contribution is 0.0593. The fourth-order valence-electron chi connectivity index (χ4n) is 3.08. The van der Waals surface area contributed by atoms with Gasteiger partial charge in [-0.25, -0.2) is 4.98 Å². The molecule has 2 fully saturated rings. The Morgan fingerprint density at radius 2 is 2.00 bits per heavy atom. The Labute approximate surface area is 120 Å². The van der Waals surface area contributed by atoms with Crippen LogP contribution in [0.4, 0.5) is 0 Å². The summed E-state index contributed by atoms with van der Waals surface area (Å²) in [5.74, 6) is 0.0542. The van der Waals surface area contributed by atoms with Gasteiger partial charge in [-0.3, -0.25) is 4.79 Å². The molecule has 1 aromatic heterocycles. The Morgan fingerprint density at radius 3 is 2.56 bits per heavy atom. The Kier molecular flexibility index (Phi) is 3.32. The number of pyridine rings is 1. The highest BCUT2D eigenvalue weighted by atomic mass is 79.9. The van der Waals surface area contributed by atoms with Crippen molar-refractivity contribution in [2.24, 2.45) is 0 Å². The van der Waals surface area contributed by atoms with E-state index in [1.54, 1.807) is 12.3 Å². The topological polar surface area (TPSA) is 33.2 Å². The fourth-order valence-corrected chi connectivity index (χ4v) is 3.72. The zero-order valence-electron chi connectivity index (χ0n) is 9.85. The summed E-state index contributed by atoms with van der Waals surface area (Å²) in [5.41, 5.74) is 0.531. The number of alkyl halides is 1. The minimum Gasteiger partial charge on any atom is -0.331 e. The standard InChI is InChI=1S/C13H14BrClN2O/c14-8-1-4-12(16-7-8)13(18)17-10-2-3-11(17)6-9(15)5-10/h1,4,7,9-11H,2-3,5-6H2. The molecule has 5 heteroatoms. The maximum absolute atomic E-state index is 12.5. The quantitative estimate of drug-likeness (QED) is 0.741. The van der Waals surface area contributed by atoms with Crippen molar-refractivity contribution in [3.05, 3.63) is 28.5 Å². The van der Waals surface area contributed by atoms with Crippen LogP contribution in [-0.4, -0.2) is 33.3 Å². The zero-order valence-corrected chi connectivity index (χ0v) is 12.2. The van der Waals surface area contributed by atoms with E-state index in [9.17, 15) is 4.79 Å². The van der Waals surface area contributed by atoms with Crippen LogP contribution in [0.15, 0.2) is 22.8 Å². The van der Waals surface area contributed by atoms with Crippen molar-refractivity contribution in [3.8, 4) is 0 Å². The summed E-state index contributed by atoms with van der Waals surface area (Å²) in [4.78, 5) is 18.7. The summed E-state index contributed by atoms with van der Waals surface area (Å²) in [5, 5.41) is 0.226. The Bertz CT molecular complexity index is 451. The average Bonchev–Trinajstić information content (AvgIpc) is 2.62. The Hall–Kier alpha value is -0.610. The van der Waals surface area contributed by atoms with Crippen LogP contribution < -0.4 is 0 Å². The molecule has 3 rings (SSSR count). The lowest BCUT2D eigenvalue weighted by atomic mass is 10.0. The molecule has 96 valence electrons. The van der Waals surface area contributed by atoms with Gasteiger partial charge >= 0.3 is 0 Å². The summed E-state index contributed by atoms with van der Waals surface area (Å²) in [6, 6.07) is 4.25. The molecule has 0 N–H and O–H groups in total. The minimum atomic E-state index is 0.0542. The molecule has 0 saturated carbocycles.